The summed E-state index contributed by atoms with van der Waals surface area (Å²) in [6.07, 6.45) is 6.76. The lowest BCUT2D eigenvalue weighted by atomic mass is 9.89. The molecule has 0 unspecified atom stereocenters. The van der Waals surface area contributed by atoms with Crippen LogP contribution < -0.4 is 0 Å². The van der Waals surface area contributed by atoms with Crippen LogP contribution in [-0.2, 0) is 6.42 Å². The Balaban J connectivity index is 1.62. The molecule has 2 heterocycles. The van der Waals surface area contributed by atoms with Crippen molar-refractivity contribution in [3.05, 3.63) is 56.5 Å². The molecule has 0 bridgehead atoms. The zero-order valence-electron chi connectivity index (χ0n) is 15.5. The highest BCUT2D eigenvalue weighted by molar-refractivity contribution is 7.13. The zero-order valence-corrected chi connectivity index (χ0v) is 17.8. The molecule has 150 valence electrons. The van der Waals surface area contributed by atoms with Crippen LogP contribution in [0.15, 0.2) is 30.3 Å². The van der Waals surface area contributed by atoms with Crippen LogP contribution in [-0.4, -0.2) is 32.6 Å². The minimum Gasteiger partial charge on any atom is -0.477 e. The highest BCUT2D eigenvalue weighted by Crippen LogP contribution is 2.40. The molecule has 0 aliphatic heterocycles. The highest BCUT2D eigenvalue weighted by Gasteiger charge is 2.39. The molecule has 2 aromatic heterocycles. The molecule has 0 saturated heterocycles. The van der Waals surface area contributed by atoms with Crippen LogP contribution in [0.5, 0.6) is 0 Å². The van der Waals surface area contributed by atoms with Crippen LogP contribution in [0.4, 0.5) is 0 Å². The number of aryl methyl sites for hydroxylation is 2. The Morgan fingerprint density at radius 1 is 1.39 bits per heavy atom. The van der Waals surface area contributed by atoms with E-state index in [1.807, 2.05) is 31.2 Å². The monoisotopic (exact) mass is 439 g/mol. The first kappa shape index (κ1) is 21.3. The van der Waals surface area contributed by atoms with E-state index in [0.717, 1.165) is 35.4 Å². The lowest BCUT2D eigenvalue weighted by molar-refractivity contribution is 0.0702. The van der Waals surface area contributed by atoms with E-state index in [4.69, 9.17) is 28.3 Å². The van der Waals surface area contributed by atoms with Gasteiger partial charge in [-0.25, -0.2) is 9.78 Å². The summed E-state index contributed by atoms with van der Waals surface area (Å²) in [7, 11) is 0. The number of aliphatic hydroxyl groups excluding tert-OH is 1. The maximum Gasteiger partial charge on any atom is 0.345 e. The molecule has 1 saturated carbocycles. The molecule has 7 heteroatoms. The van der Waals surface area contributed by atoms with Gasteiger partial charge in [0.1, 0.15) is 10.0 Å². The largest absolute Gasteiger partial charge is 0.477 e. The predicted octanol–water partition coefficient (Wildman–Crippen LogP) is 5.44. The number of rotatable bonds is 7. The summed E-state index contributed by atoms with van der Waals surface area (Å²) < 4.78 is 0. The fraction of sp³-hybridized carbons (Fsp3) is 0.429. The van der Waals surface area contributed by atoms with Crippen molar-refractivity contribution in [2.45, 2.75) is 44.1 Å². The molecule has 1 aliphatic carbocycles. The minimum absolute atomic E-state index is 0.00679. The molecule has 2 aromatic rings. The van der Waals surface area contributed by atoms with Crippen LogP contribution in [0.25, 0.3) is 6.08 Å². The van der Waals surface area contributed by atoms with Crippen LogP contribution in [0.3, 0.4) is 0 Å². The maximum atomic E-state index is 11.0. The number of thiophene rings is 1. The van der Waals surface area contributed by atoms with E-state index in [2.05, 4.69) is 4.98 Å². The number of pyridine rings is 1. The molecule has 0 aromatic carbocycles. The smallest absolute Gasteiger partial charge is 0.345 e. The number of carboxylic acid groups (broad SMARTS) is 1. The normalized spacial score (nSPS) is 24.9. The second kappa shape index (κ2) is 9.40. The molecule has 0 amide bonds. The molecule has 2 N–H and O–H groups in total. The van der Waals surface area contributed by atoms with Crippen molar-refractivity contribution in [1.82, 2.24) is 4.98 Å². The minimum atomic E-state index is -0.882. The number of aromatic carboxylic acids is 1. The molecule has 4 atom stereocenters. The first-order chi connectivity index (χ1) is 13.3. The number of alkyl halides is 1. The molecule has 28 heavy (non-hydrogen) atoms. The molecule has 0 radical (unpaired) electrons. The Kier molecular flexibility index (Phi) is 7.15. The number of aliphatic hydroxyl groups is 1. The lowest BCUT2D eigenvalue weighted by Gasteiger charge is -2.20. The van der Waals surface area contributed by atoms with Crippen molar-refractivity contribution in [2.75, 3.05) is 0 Å². The molecule has 1 fully saturated rings. The van der Waals surface area contributed by atoms with Crippen molar-refractivity contribution in [2.24, 2.45) is 11.8 Å². The van der Waals surface area contributed by atoms with Crippen LogP contribution in [0.1, 0.15) is 45.1 Å². The van der Waals surface area contributed by atoms with Crippen molar-refractivity contribution in [1.29, 1.82) is 0 Å². The van der Waals surface area contributed by atoms with Crippen LogP contribution in [0, 0.1) is 18.8 Å². The van der Waals surface area contributed by atoms with Gasteiger partial charge in [-0.05, 0) is 68.4 Å². The molecular weight excluding hydrogens is 417 g/mol. The zero-order chi connectivity index (χ0) is 20.3. The van der Waals surface area contributed by atoms with Gasteiger partial charge in [0.15, 0.2) is 0 Å². The van der Waals surface area contributed by atoms with Gasteiger partial charge in [-0.15, -0.1) is 22.9 Å². The number of carboxylic acids is 1. The number of hydrogen-bond acceptors (Lipinski definition) is 4. The Bertz CT molecular complexity index is 847. The Morgan fingerprint density at radius 3 is 2.86 bits per heavy atom. The molecule has 3 rings (SSSR count). The topological polar surface area (TPSA) is 70.4 Å². The van der Waals surface area contributed by atoms with Gasteiger partial charge >= 0.3 is 5.97 Å². The number of aromatic nitrogens is 1. The van der Waals surface area contributed by atoms with Crippen LogP contribution >= 0.6 is 34.5 Å². The third-order valence-electron chi connectivity index (χ3n) is 5.16. The Hall–Kier alpha value is -1.40. The van der Waals surface area contributed by atoms with Gasteiger partial charge in [-0.1, -0.05) is 23.8 Å². The summed E-state index contributed by atoms with van der Waals surface area (Å²) in [5.74, 6) is -0.703. The van der Waals surface area contributed by atoms with Gasteiger partial charge in [0, 0.05) is 21.9 Å². The summed E-state index contributed by atoms with van der Waals surface area (Å²) in [5.41, 5.74) is 1.81. The SMILES string of the molecule is Cc1cc(C=C[C@@H]2[C@@H](CCCc3ccc(C(=O)O)s3)[C@H](Cl)C[C@H]2O)cc(Cl)n1. The second-order valence-corrected chi connectivity index (χ2v) is 9.36. The lowest BCUT2D eigenvalue weighted by Crippen LogP contribution is -2.18. The third kappa shape index (κ3) is 5.35. The van der Waals surface area contributed by atoms with Gasteiger partial charge in [0.05, 0.1) is 6.10 Å². The first-order valence-electron chi connectivity index (χ1n) is 9.30. The highest BCUT2D eigenvalue weighted by atomic mass is 35.5. The van der Waals surface area contributed by atoms with E-state index in [-0.39, 0.29) is 17.2 Å². The second-order valence-electron chi connectivity index (χ2n) is 7.25. The predicted molar refractivity (Wildman–Crippen MR) is 114 cm³/mol. The third-order valence-corrected chi connectivity index (χ3v) is 6.99. The van der Waals surface area contributed by atoms with Gasteiger partial charge < -0.3 is 10.2 Å². The van der Waals surface area contributed by atoms with Crippen molar-refractivity contribution in [3.63, 3.8) is 0 Å². The summed E-state index contributed by atoms with van der Waals surface area (Å²) >= 11 is 13.9. The van der Waals surface area contributed by atoms with Gasteiger partial charge in [-0.2, -0.15) is 0 Å². The number of nitrogens with zero attached hydrogens (tertiary/aromatic N) is 1. The average Bonchev–Trinajstić information content (AvgIpc) is 3.18. The Labute approximate surface area is 178 Å². The summed E-state index contributed by atoms with van der Waals surface area (Å²) in [5, 5.41) is 19.9. The van der Waals surface area contributed by atoms with E-state index in [1.165, 1.54) is 11.3 Å². The van der Waals surface area contributed by atoms with Gasteiger partial charge in [0.25, 0.3) is 0 Å². The quantitative estimate of drug-likeness (QED) is 0.444. The fourth-order valence-electron chi connectivity index (χ4n) is 3.84. The summed E-state index contributed by atoms with van der Waals surface area (Å²) in [6, 6.07) is 7.28. The van der Waals surface area contributed by atoms with E-state index < -0.39 is 12.1 Å². The average molecular weight is 440 g/mol. The summed E-state index contributed by atoms with van der Waals surface area (Å²) in [6.45, 7) is 1.89. The van der Waals surface area contributed by atoms with E-state index >= 15 is 0 Å². The van der Waals surface area contributed by atoms with E-state index in [9.17, 15) is 9.90 Å². The van der Waals surface area contributed by atoms with E-state index in [1.54, 1.807) is 12.1 Å². The number of halogens is 2. The van der Waals surface area contributed by atoms with Gasteiger partial charge in [-0.3, -0.25) is 0 Å². The number of carbonyl (C=O) groups is 1. The first-order valence-corrected chi connectivity index (χ1v) is 10.9. The standard InChI is InChI=1S/C21H23Cl2NO3S/c1-12-9-13(10-20(23)24-12)5-7-16-15(17(22)11-18(16)25)4-2-3-14-6-8-19(28-14)21(26)27/h5-10,15-18,25H,2-4,11H2,1H3,(H,26,27)/t15-,16-,17-,18-/m1/s1. The van der Waals surface area contributed by atoms with E-state index in [0.29, 0.717) is 16.5 Å². The van der Waals surface area contributed by atoms with Crippen molar-refractivity contribution < 1.29 is 15.0 Å². The van der Waals surface area contributed by atoms with Crippen molar-refractivity contribution in [3.8, 4) is 0 Å². The summed E-state index contributed by atoms with van der Waals surface area (Å²) in [4.78, 5) is 16.6. The number of hydrogen-bond donors (Lipinski definition) is 2. The molecular formula is C21H23Cl2NO3S. The Morgan fingerprint density at radius 2 is 2.18 bits per heavy atom. The van der Waals surface area contributed by atoms with Crippen LogP contribution in [0.2, 0.25) is 5.15 Å². The fourth-order valence-corrected chi connectivity index (χ4v) is 5.47. The molecule has 4 nitrogen and oxygen atoms in total. The van der Waals surface area contributed by atoms with Gasteiger partial charge in [0.2, 0.25) is 0 Å². The maximum absolute atomic E-state index is 11.0. The molecule has 0 spiro atoms. The van der Waals surface area contributed by atoms with Crippen molar-refractivity contribution >= 4 is 46.6 Å². The molecule has 1 aliphatic rings.